The van der Waals surface area contributed by atoms with Crippen LogP contribution in [0, 0.1) is 0 Å². The van der Waals surface area contributed by atoms with Gasteiger partial charge in [0.15, 0.2) is 5.78 Å². The van der Waals surface area contributed by atoms with Crippen LogP contribution in [0.15, 0.2) is 66.0 Å². The summed E-state index contributed by atoms with van der Waals surface area (Å²) in [4.78, 5) is 47.2. The molecular formula is C32H31N3O4S. The summed E-state index contributed by atoms with van der Waals surface area (Å²) in [7, 11) is 1.58. The molecule has 3 heterocycles. The van der Waals surface area contributed by atoms with Gasteiger partial charge in [0.2, 0.25) is 5.91 Å². The molecule has 4 aromatic rings. The first-order valence-electron chi connectivity index (χ1n) is 13.7. The summed E-state index contributed by atoms with van der Waals surface area (Å²) in [5, 5.41) is 5.32. The molecule has 2 amide bonds. The van der Waals surface area contributed by atoms with Crippen LogP contribution in [0.4, 0.5) is 0 Å². The van der Waals surface area contributed by atoms with Crippen LogP contribution in [0.3, 0.4) is 0 Å². The van der Waals surface area contributed by atoms with E-state index in [2.05, 4.69) is 24.3 Å². The third-order valence-electron chi connectivity index (χ3n) is 8.00. The minimum atomic E-state index is -0.0419. The van der Waals surface area contributed by atoms with Crippen LogP contribution in [0.2, 0.25) is 0 Å². The van der Waals surface area contributed by atoms with Crippen LogP contribution in [0.1, 0.15) is 68.6 Å². The second-order valence-corrected chi connectivity index (χ2v) is 11.4. The van der Waals surface area contributed by atoms with Crippen LogP contribution in [-0.2, 0) is 17.9 Å². The lowest BCUT2D eigenvalue weighted by Crippen LogP contribution is -2.38. The molecule has 7 nitrogen and oxygen atoms in total. The van der Waals surface area contributed by atoms with Crippen molar-refractivity contribution in [3.63, 3.8) is 0 Å². The molecule has 0 bridgehead atoms. The molecule has 1 aromatic heterocycles. The van der Waals surface area contributed by atoms with Crippen molar-refractivity contribution in [2.24, 2.45) is 0 Å². The number of hydrogen-bond donors (Lipinski definition) is 0. The second kappa shape index (κ2) is 11.2. The van der Waals surface area contributed by atoms with Crippen LogP contribution in [-0.4, -0.2) is 52.6 Å². The highest BCUT2D eigenvalue weighted by atomic mass is 32.1. The monoisotopic (exact) mass is 553 g/mol. The number of carbonyl (C=O) groups excluding carboxylic acids is 3. The SMILES string of the molecule is COc1ccc(C(=O)CCC(=O)N2CCC(c3nc(C(=O)N4Cc5cccc6cccc(c56)C4)cs3)CC2)cc1. The first-order chi connectivity index (χ1) is 19.5. The van der Waals surface area contributed by atoms with Gasteiger partial charge in [0.1, 0.15) is 11.4 Å². The number of benzene rings is 3. The molecule has 1 fully saturated rings. The van der Waals surface area contributed by atoms with Crippen LogP contribution < -0.4 is 4.74 Å². The maximum Gasteiger partial charge on any atom is 0.273 e. The second-order valence-electron chi connectivity index (χ2n) is 10.5. The molecule has 8 heteroatoms. The highest BCUT2D eigenvalue weighted by Crippen LogP contribution is 2.33. The van der Waals surface area contributed by atoms with Gasteiger partial charge >= 0.3 is 0 Å². The van der Waals surface area contributed by atoms with Gasteiger partial charge in [0.25, 0.3) is 5.91 Å². The molecule has 204 valence electrons. The zero-order valence-electron chi connectivity index (χ0n) is 22.5. The molecule has 3 aromatic carbocycles. The Kier molecular flexibility index (Phi) is 7.34. The summed E-state index contributed by atoms with van der Waals surface area (Å²) in [5.74, 6) is 0.855. The van der Waals surface area contributed by atoms with Gasteiger partial charge in [-0.1, -0.05) is 36.4 Å². The summed E-state index contributed by atoms with van der Waals surface area (Å²) in [5.41, 5.74) is 3.44. The van der Waals surface area contributed by atoms with Gasteiger partial charge in [0, 0.05) is 55.9 Å². The number of methoxy groups -OCH3 is 1. The Morgan fingerprint density at radius 2 is 1.57 bits per heavy atom. The average molecular weight is 554 g/mol. The molecule has 1 saturated heterocycles. The van der Waals surface area contributed by atoms with Crippen molar-refractivity contribution in [2.45, 2.75) is 44.7 Å². The lowest BCUT2D eigenvalue weighted by molar-refractivity contribution is -0.132. The van der Waals surface area contributed by atoms with Crippen molar-refractivity contribution < 1.29 is 19.1 Å². The number of carbonyl (C=O) groups is 3. The lowest BCUT2D eigenvalue weighted by Gasteiger charge is -2.31. The van der Waals surface area contributed by atoms with Gasteiger partial charge in [-0.25, -0.2) is 4.98 Å². The topological polar surface area (TPSA) is 79.8 Å². The zero-order valence-corrected chi connectivity index (χ0v) is 23.3. The van der Waals surface area contributed by atoms with Gasteiger partial charge in [-0.05, 0) is 59.0 Å². The molecule has 0 spiro atoms. The molecule has 0 aliphatic carbocycles. The fraction of sp³-hybridized carbons (Fsp3) is 0.312. The van der Waals surface area contributed by atoms with E-state index in [0.29, 0.717) is 43.2 Å². The van der Waals surface area contributed by atoms with Crippen molar-refractivity contribution >= 4 is 39.7 Å². The molecule has 0 atom stereocenters. The highest BCUT2D eigenvalue weighted by Gasteiger charge is 2.29. The minimum absolute atomic E-state index is 0.00992. The molecule has 2 aliphatic rings. The maximum absolute atomic E-state index is 13.4. The number of thiazole rings is 1. The third kappa shape index (κ3) is 5.23. The number of likely N-dealkylation sites (tertiary alicyclic amines) is 1. The third-order valence-corrected chi connectivity index (χ3v) is 9.01. The number of Topliss-reactive ketones (excluding diaryl/α,β-unsaturated/α-hetero) is 1. The van der Waals surface area contributed by atoms with E-state index in [4.69, 9.17) is 9.72 Å². The molecule has 40 heavy (non-hydrogen) atoms. The summed E-state index contributed by atoms with van der Waals surface area (Å²) < 4.78 is 5.13. The average Bonchev–Trinajstić information content (AvgIpc) is 3.50. The number of nitrogens with zero attached hydrogens (tertiary/aromatic N) is 3. The summed E-state index contributed by atoms with van der Waals surface area (Å²) in [6.45, 7) is 2.44. The summed E-state index contributed by atoms with van der Waals surface area (Å²) >= 11 is 1.54. The van der Waals surface area contributed by atoms with Crippen molar-refractivity contribution in [1.29, 1.82) is 0 Å². The van der Waals surface area contributed by atoms with E-state index >= 15 is 0 Å². The first kappa shape index (κ1) is 26.2. The van der Waals surface area contributed by atoms with Crippen LogP contribution in [0.5, 0.6) is 5.75 Å². The number of rotatable bonds is 7. The minimum Gasteiger partial charge on any atom is -0.497 e. The Hall–Kier alpha value is -4.04. The molecule has 6 rings (SSSR count). The lowest BCUT2D eigenvalue weighted by atomic mass is 9.95. The molecule has 0 N–H and O–H groups in total. The Balaban J connectivity index is 1.02. The fourth-order valence-electron chi connectivity index (χ4n) is 5.79. The Labute approximate surface area is 237 Å². The maximum atomic E-state index is 13.4. The Bertz CT molecular complexity index is 1530. The molecule has 0 saturated carbocycles. The van der Waals surface area contributed by atoms with E-state index in [1.54, 1.807) is 31.4 Å². The number of ketones is 1. The number of piperidine rings is 1. The van der Waals surface area contributed by atoms with Crippen LogP contribution >= 0.6 is 11.3 Å². The highest BCUT2D eigenvalue weighted by molar-refractivity contribution is 7.09. The van der Waals surface area contributed by atoms with E-state index in [1.165, 1.54) is 33.2 Å². The molecule has 0 unspecified atom stereocenters. The van der Waals surface area contributed by atoms with Crippen molar-refractivity contribution in [1.82, 2.24) is 14.8 Å². The van der Waals surface area contributed by atoms with Gasteiger partial charge < -0.3 is 14.5 Å². The van der Waals surface area contributed by atoms with Gasteiger partial charge in [-0.15, -0.1) is 11.3 Å². The Morgan fingerprint density at radius 1 is 0.900 bits per heavy atom. The van der Waals surface area contributed by atoms with E-state index < -0.39 is 0 Å². The van der Waals surface area contributed by atoms with Gasteiger partial charge in [0.05, 0.1) is 12.1 Å². The largest absolute Gasteiger partial charge is 0.497 e. The van der Waals surface area contributed by atoms with Gasteiger partial charge in [-0.3, -0.25) is 14.4 Å². The summed E-state index contributed by atoms with van der Waals surface area (Å²) in [6, 6.07) is 19.5. The fourth-order valence-corrected chi connectivity index (χ4v) is 6.75. The quantitative estimate of drug-likeness (QED) is 0.269. The number of hydrogen-bond acceptors (Lipinski definition) is 6. The molecular weight excluding hydrogens is 522 g/mol. The summed E-state index contributed by atoms with van der Waals surface area (Å²) in [6.07, 6.45) is 2.01. The van der Waals surface area contributed by atoms with E-state index in [1.807, 2.05) is 27.3 Å². The predicted octanol–water partition coefficient (Wildman–Crippen LogP) is 5.83. The van der Waals surface area contributed by atoms with Crippen LogP contribution in [0.25, 0.3) is 10.8 Å². The molecule has 2 aliphatic heterocycles. The number of aromatic nitrogens is 1. The first-order valence-corrected chi connectivity index (χ1v) is 14.6. The normalized spacial score (nSPS) is 15.3. The van der Waals surface area contributed by atoms with Crippen molar-refractivity contribution in [2.75, 3.05) is 20.2 Å². The zero-order chi connectivity index (χ0) is 27.6. The van der Waals surface area contributed by atoms with E-state index in [9.17, 15) is 14.4 Å². The number of ether oxygens (including phenoxy) is 1. The molecule has 0 radical (unpaired) electrons. The van der Waals surface area contributed by atoms with E-state index in [-0.39, 0.29) is 36.4 Å². The predicted molar refractivity (Wildman–Crippen MR) is 155 cm³/mol. The van der Waals surface area contributed by atoms with Crippen molar-refractivity contribution in [3.05, 3.63) is 93.4 Å². The smallest absolute Gasteiger partial charge is 0.273 e. The standard InChI is InChI=1S/C32H31N3O4S/c1-39-26-10-8-21(9-11-26)28(36)12-13-29(37)34-16-14-23(15-17-34)31-33-27(20-40-31)32(38)35-18-24-6-2-4-22-5-3-7-25(19-35)30(22)24/h2-11,20,23H,12-19H2,1H3. The van der Waals surface area contributed by atoms with Crippen molar-refractivity contribution in [3.8, 4) is 5.75 Å². The number of amides is 2. The van der Waals surface area contributed by atoms with Gasteiger partial charge in [-0.2, -0.15) is 0 Å². The van der Waals surface area contributed by atoms with E-state index in [0.717, 1.165) is 17.8 Å². The Morgan fingerprint density at radius 3 is 2.23 bits per heavy atom.